The molecule has 0 spiro atoms. The van der Waals surface area contributed by atoms with Gasteiger partial charge in [-0.15, -0.1) is 0 Å². The number of methoxy groups -OCH3 is 1. The number of nitrogens with zero attached hydrogens (tertiary/aromatic N) is 1. The SMILES string of the molecule is COc1cc(-c2ccc3nccc(Nc4ccc(C(C)(C)N)cc4)c3c2)cc(Cl)c1O. The first-order valence-electron chi connectivity index (χ1n) is 9.88. The molecule has 1 heterocycles. The number of pyridine rings is 1. The zero-order valence-corrected chi connectivity index (χ0v) is 18.4. The summed E-state index contributed by atoms with van der Waals surface area (Å²) < 4.78 is 5.24. The van der Waals surface area contributed by atoms with E-state index in [-0.39, 0.29) is 16.3 Å². The molecule has 158 valence electrons. The van der Waals surface area contributed by atoms with E-state index in [0.717, 1.165) is 39.0 Å². The number of nitrogens with one attached hydrogen (secondary N) is 1. The number of nitrogens with two attached hydrogens (primary N) is 1. The van der Waals surface area contributed by atoms with Gasteiger partial charge in [-0.05, 0) is 73.0 Å². The first-order valence-corrected chi connectivity index (χ1v) is 10.3. The second-order valence-corrected chi connectivity index (χ2v) is 8.43. The van der Waals surface area contributed by atoms with Gasteiger partial charge in [-0.1, -0.05) is 29.8 Å². The number of aromatic hydroxyl groups is 1. The van der Waals surface area contributed by atoms with Crippen LogP contribution < -0.4 is 15.8 Å². The van der Waals surface area contributed by atoms with Crippen LogP contribution in [0.2, 0.25) is 5.02 Å². The largest absolute Gasteiger partial charge is 0.503 e. The normalized spacial score (nSPS) is 11.5. The third kappa shape index (κ3) is 4.29. The van der Waals surface area contributed by atoms with Crippen LogP contribution in [0.3, 0.4) is 0 Å². The number of benzene rings is 3. The van der Waals surface area contributed by atoms with Crippen LogP contribution >= 0.6 is 11.6 Å². The number of aromatic nitrogens is 1. The van der Waals surface area contributed by atoms with Crippen LogP contribution in [0.4, 0.5) is 11.4 Å². The molecule has 4 N–H and O–H groups in total. The number of hydrogen-bond donors (Lipinski definition) is 3. The number of fused-ring (bicyclic) bond motifs is 1. The summed E-state index contributed by atoms with van der Waals surface area (Å²) in [5.74, 6) is 0.261. The fourth-order valence-corrected chi connectivity index (χ4v) is 3.68. The molecule has 6 heteroatoms. The minimum atomic E-state index is -0.386. The van der Waals surface area contributed by atoms with Crippen molar-refractivity contribution in [2.24, 2.45) is 5.73 Å². The number of halogens is 1. The van der Waals surface area contributed by atoms with Crippen LogP contribution in [0.15, 0.2) is 66.9 Å². The molecule has 1 aromatic heterocycles. The Labute approximate surface area is 186 Å². The Morgan fingerprint density at radius 1 is 1.00 bits per heavy atom. The van der Waals surface area contributed by atoms with Crippen molar-refractivity contribution in [1.82, 2.24) is 4.98 Å². The van der Waals surface area contributed by atoms with E-state index in [1.165, 1.54) is 7.11 Å². The molecule has 0 saturated heterocycles. The second-order valence-electron chi connectivity index (χ2n) is 8.02. The van der Waals surface area contributed by atoms with Crippen LogP contribution in [-0.4, -0.2) is 17.2 Å². The lowest BCUT2D eigenvalue weighted by molar-refractivity contribution is 0.374. The van der Waals surface area contributed by atoms with Gasteiger partial charge in [-0.25, -0.2) is 0 Å². The first-order chi connectivity index (χ1) is 14.8. The molecule has 0 atom stereocenters. The maximum Gasteiger partial charge on any atom is 0.176 e. The van der Waals surface area contributed by atoms with Gasteiger partial charge < -0.3 is 20.9 Å². The molecule has 4 aromatic rings. The molecule has 31 heavy (non-hydrogen) atoms. The number of phenolic OH excluding ortho intramolecular Hbond substituents is 1. The van der Waals surface area contributed by atoms with Crippen molar-refractivity contribution in [3.63, 3.8) is 0 Å². The summed E-state index contributed by atoms with van der Waals surface area (Å²) in [5.41, 5.74) is 11.4. The molecular formula is C25H24ClN3O2. The maximum atomic E-state index is 10.0. The highest BCUT2D eigenvalue weighted by molar-refractivity contribution is 6.32. The third-order valence-electron chi connectivity index (χ3n) is 5.23. The molecule has 0 aliphatic carbocycles. The maximum absolute atomic E-state index is 10.0. The van der Waals surface area contributed by atoms with Crippen molar-refractivity contribution in [1.29, 1.82) is 0 Å². The minimum absolute atomic E-state index is 0.0677. The van der Waals surface area contributed by atoms with E-state index in [1.807, 2.05) is 62.4 Å². The Morgan fingerprint density at radius 3 is 2.42 bits per heavy atom. The average Bonchev–Trinajstić information content (AvgIpc) is 2.75. The predicted octanol–water partition coefficient (Wildman–Crippen LogP) is 6.21. The Bertz CT molecular complexity index is 1250. The lowest BCUT2D eigenvalue weighted by atomic mass is 9.95. The smallest absolute Gasteiger partial charge is 0.176 e. The molecule has 0 saturated carbocycles. The summed E-state index contributed by atoms with van der Waals surface area (Å²) >= 11 is 6.19. The van der Waals surface area contributed by atoms with Gasteiger partial charge in [0.15, 0.2) is 11.5 Å². The van der Waals surface area contributed by atoms with E-state index in [0.29, 0.717) is 5.75 Å². The second kappa shape index (κ2) is 8.10. The van der Waals surface area contributed by atoms with E-state index in [9.17, 15) is 5.11 Å². The van der Waals surface area contributed by atoms with Gasteiger partial charge in [-0.2, -0.15) is 0 Å². The standard InChI is InChI=1S/C25H24ClN3O2/c1-25(2,27)17-5-7-18(8-6-17)29-22-10-11-28-21-9-4-15(12-19(21)22)16-13-20(26)24(30)23(14-16)31-3/h4-14,30H,27H2,1-3H3,(H,28,29). The minimum Gasteiger partial charge on any atom is -0.503 e. The van der Waals surface area contributed by atoms with Gasteiger partial charge in [-0.3, -0.25) is 4.98 Å². The monoisotopic (exact) mass is 433 g/mol. The Morgan fingerprint density at radius 2 is 1.74 bits per heavy atom. The predicted molar refractivity (Wildman–Crippen MR) is 127 cm³/mol. The summed E-state index contributed by atoms with van der Waals surface area (Å²) in [7, 11) is 1.50. The molecule has 5 nitrogen and oxygen atoms in total. The van der Waals surface area contributed by atoms with E-state index >= 15 is 0 Å². The summed E-state index contributed by atoms with van der Waals surface area (Å²) in [5, 5.41) is 14.7. The number of ether oxygens (including phenoxy) is 1. The molecule has 0 unspecified atom stereocenters. The van der Waals surface area contributed by atoms with Crippen molar-refractivity contribution in [3.8, 4) is 22.6 Å². The summed E-state index contributed by atoms with van der Waals surface area (Å²) in [4.78, 5) is 4.48. The fraction of sp³-hybridized carbons (Fsp3) is 0.160. The molecule has 0 aliphatic heterocycles. The summed E-state index contributed by atoms with van der Waals surface area (Å²) in [6.45, 7) is 3.97. The van der Waals surface area contributed by atoms with Crippen molar-refractivity contribution >= 4 is 33.9 Å². The third-order valence-corrected chi connectivity index (χ3v) is 5.52. The molecule has 0 amide bonds. The van der Waals surface area contributed by atoms with Gasteiger partial charge >= 0.3 is 0 Å². The number of rotatable bonds is 5. The molecule has 0 bridgehead atoms. The van der Waals surface area contributed by atoms with Gasteiger partial charge in [0.1, 0.15) is 0 Å². The Kier molecular flexibility index (Phi) is 5.48. The summed E-state index contributed by atoms with van der Waals surface area (Å²) in [6, 6.07) is 19.5. The van der Waals surface area contributed by atoms with E-state index in [1.54, 1.807) is 18.3 Å². The zero-order chi connectivity index (χ0) is 22.2. The van der Waals surface area contributed by atoms with Crippen molar-refractivity contribution in [2.75, 3.05) is 12.4 Å². The Hall–Kier alpha value is -3.28. The van der Waals surface area contributed by atoms with Gasteiger partial charge in [0, 0.05) is 28.5 Å². The van der Waals surface area contributed by atoms with E-state index in [4.69, 9.17) is 22.1 Å². The number of anilines is 2. The van der Waals surface area contributed by atoms with Crippen LogP contribution in [0.25, 0.3) is 22.0 Å². The first kappa shape index (κ1) is 21.0. The molecule has 0 aliphatic rings. The molecule has 4 rings (SSSR count). The topological polar surface area (TPSA) is 80.4 Å². The highest BCUT2D eigenvalue weighted by Gasteiger charge is 2.14. The summed E-state index contributed by atoms with van der Waals surface area (Å²) in [6.07, 6.45) is 1.78. The molecule has 3 aromatic carbocycles. The van der Waals surface area contributed by atoms with Crippen LogP contribution in [-0.2, 0) is 5.54 Å². The number of phenols is 1. The zero-order valence-electron chi connectivity index (χ0n) is 17.6. The number of hydrogen-bond acceptors (Lipinski definition) is 5. The van der Waals surface area contributed by atoms with Gasteiger partial charge in [0.2, 0.25) is 0 Å². The molecule has 0 radical (unpaired) electrons. The van der Waals surface area contributed by atoms with Crippen LogP contribution in [0.5, 0.6) is 11.5 Å². The van der Waals surface area contributed by atoms with Crippen molar-refractivity contribution < 1.29 is 9.84 Å². The highest BCUT2D eigenvalue weighted by atomic mass is 35.5. The van der Waals surface area contributed by atoms with Crippen molar-refractivity contribution in [2.45, 2.75) is 19.4 Å². The van der Waals surface area contributed by atoms with E-state index in [2.05, 4.69) is 10.3 Å². The van der Waals surface area contributed by atoms with Gasteiger partial charge in [0.05, 0.1) is 17.6 Å². The van der Waals surface area contributed by atoms with E-state index < -0.39 is 0 Å². The molecular weight excluding hydrogens is 410 g/mol. The lowest BCUT2D eigenvalue weighted by Gasteiger charge is -2.19. The lowest BCUT2D eigenvalue weighted by Crippen LogP contribution is -2.28. The van der Waals surface area contributed by atoms with Gasteiger partial charge in [0.25, 0.3) is 0 Å². The van der Waals surface area contributed by atoms with Crippen LogP contribution in [0, 0.1) is 0 Å². The van der Waals surface area contributed by atoms with Crippen LogP contribution in [0.1, 0.15) is 19.4 Å². The highest BCUT2D eigenvalue weighted by Crippen LogP contribution is 2.39. The Balaban J connectivity index is 1.74. The van der Waals surface area contributed by atoms with Crippen molar-refractivity contribution in [3.05, 3.63) is 77.4 Å². The fourth-order valence-electron chi connectivity index (χ4n) is 3.47. The molecule has 0 fully saturated rings. The average molecular weight is 434 g/mol. The quantitative estimate of drug-likeness (QED) is 0.348.